The van der Waals surface area contributed by atoms with E-state index in [-0.39, 0.29) is 6.10 Å². The maximum Gasteiger partial charge on any atom is 0.187 e. The smallest absolute Gasteiger partial charge is 0.187 e. The Labute approximate surface area is 111 Å². The van der Waals surface area contributed by atoms with Gasteiger partial charge in [0.05, 0.1) is 11.0 Å². The predicted molar refractivity (Wildman–Crippen MR) is 72.6 cm³/mol. The molecule has 0 bridgehead atoms. The highest BCUT2D eigenvalue weighted by Crippen LogP contribution is 2.40. The minimum absolute atomic E-state index is 0.195. The van der Waals surface area contributed by atoms with Crippen LogP contribution in [0, 0.1) is 26.7 Å². The Bertz CT molecular complexity index is 523. The Hall–Kier alpha value is -0.870. The molecule has 1 aliphatic heterocycles. The third-order valence-electron chi connectivity index (χ3n) is 4.12. The summed E-state index contributed by atoms with van der Waals surface area (Å²) in [4.78, 5) is 0.552. The number of ether oxygens (including phenoxy) is 1. The highest BCUT2D eigenvalue weighted by atomic mass is 32.2. The van der Waals surface area contributed by atoms with Crippen LogP contribution in [0.25, 0.3) is 0 Å². The first-order valence-electron chi connectivity index (χ1n) is 6.24. The van der Waals surface area contributed by atoms with Crippen molar-refractivity contribution in [1.82, 2.24) is 0 Å². The molecule has 0 aliphatic carbocycles. The van der Waals surface area contributed by atoms with Crippen LogP contribution in [-0.4, -0.2) is 14.9 Å². The first-order chi connectivity index (χ1) is 8.34. The lowest BCUT2D eigenvalue weighted by atomic mass is 9.87. The molecule has 1 N–H and O–H groups in total. The summed E-state index contributed by atoms with van der Waals surface area (Å²) in [6.45, 7) is 10.00. The average Bonchev–Trinajstić information content (AvgIpc) is 2.29. The fourth-order valence-corrected chi connectivity index (χ4v) is 3.41. The summed E-state index contributed by atoms with van der Waals surface area (Å²) in [5.41, 5.74) is 3.87. The molecule has 18 heavy (non-hydrogen) atoms. The summed E-state index contributed by atoms with van der Waals surface area (Å²) in [7, 11) is 0. The van der Waals surface area contributed by atoms with E-state index in [1.54, 1.807) is 0 Å². The normalized spacial score (nSPS) is 24.3. The van der Waals surface area contributed by atoms with Crippen molar-refractivity contribution in [3.05, 3.63) is 22.3 Å². The van der Waals surface area contributed by atoms with Gasteiger partial charge in [-0.05, 0) is 62.3 Å². The third kappa shape index (κ3) is 1.97. The quantitative estimate of drug-likeness (QED) is 0.796. The van der Waals surface area contributed by atoms with Gasteiger partial charge in [-0.2, -0.15) is 0 Å². The van der Waals surface area contributed by atoms with Crippen LogP contribution in [0.1, 0.15) is 36.1 Å². The summed E-state index contributed by atoms with van der Waals surface area (Å²) in [5.74, 6) is 1.35. The maximum absolute atomic E-state index is 11.5. The first-order valence-corrected chi connectivity index (χ1v) is 7.35. The Morgan fingerprint density at radius 1 is 1.17 bits per heavy atom. The molecule has 100 valence electrons. The van der Waals surface area contributed by atoms with Crippen LogP contribution in [0.15, 0.2) is 4.90 Å². The molecule has 0 fully saturated rings. The Morgan fingerprint density at radius 3 is 2.33 bits per heavy atom. The molecule has 0 aromatic heterocycles. The van der Waals surface area contributed by atoms with Crippen molar-refractivity contribution in [2.24, 2.45) is 5.92 Å². The highest BCUT2D eigenvalue weighted by molar-refractivity contribution is 7.79. The molecular weight excluding hydrogens is 248 g/mol. The standard InChI is InChI=1S/C14H20O3S/c1-7-6-12-10(4)14(18(15)16)9(3)8(2)13(12)17-11(7)5/h7,11H,6H2,1-5H3,(H,15,16). The molecule has 3 unspecified atom stereocenters. The van der Waals surface area contributed by atoms with Crippen LogP contribution >= 0.6 is 0 Å². The lowest BCUT2D eigenvalue weighted by Gasteiger charge is -2.32. The number of fused-ring (bicyclic) bond motifs is 1. The molecule has 0 saturated heterocycles. The van der Waals surface area contributed by atoms with E-state index in [1.807, 2.05) is 20.8 Å². The van der Waals surface area contributed by atoms with E-state index in [0.717, 1.165) is 34.4 Å². The van der Waals surface area contributed by atoms with Crippen molar-refractivity contribution >= 4 is 11.1 Å². The summed E-state index contributed by atoms with van der Waals surface area (Å²) >= 11 is -1.94. The summed E-state index contributed by atoms with van der Waals surface area (Å²) < 4.78 is 26.9. The minimum Gasteiger partial charge on any atom is -0.490 e. The molecule has 4 heteroatoms. The Balaban J connectivity index is 2.71. The molecule has 3 nitrogen and oxygen atoms in total. The zero-order chi connectivity index (χ0) is 13.6. The number of benzene rings is 1. The summed E-state index contributed by atoms with van der Waals surface area (Å²) in [6, 6.07) is 0. The largest absolute Gasteiger partial charge is 0.490 e. The molecule has 1 heterocycles. The summed E-state index contributed by atoms with van der Waals surface area (Å²) in [6.07, 6.45) is 1.11. The van der Waals surface area contributed by atoms with Gasteiger partial charge in [-0.3, -0.25) is 0 Å². The number of hydrogen-bond donors (Lipinski definition) is 1. The van der Waals surface area contributed by atoms with Crippen molar-refractivity contribution in [3.63, 3.8) is 0 Å². The van der Waals surface area contributed by atoms with Gasteiger partial charge in [0.1, 0.15) is 5.75 Å². The van der Waals surface area contributed by atoms with Crippen LogP contribution in [-0.2, 0) is 17.5 Å². The van der Waals surface area contributed by atoms with E-state index >= 15 is 0 Å². The van der Waals surface area contributed by atoms with Gasteiger partial charge in [-0.15, -0.1) is 0 Å². The number of hydrogen-bond acceptors (Lipinski definition) is 2. The molecule has 1 aliphatic rings. The van der Waals surface area contributed by atoms with Crippen molar-refractivity contribution in [2.45, 2.75) is 52.0 Å². The van der Waals surface area contributed by atoms with Crippen molar-refractivity contribution in [2.75, 3.05) is 0 Å². The molecule has 0 spiro atoms. The van der Waals surface area contributed by atoms with Gasteiger partial charge in [0.2, 0.25) is 0 Å². The van der Waals surface area contributed by atoms with Gasteiger partial charge in [0, 0.05) is 0 Å². The van der Waals surface area contributed by atoms with Gasteiger partial charge >= 0.3 is 0 Å². The zero-order valence-electron chi connectivity index (χ0n) is 11.5. The van der Waals surface area contributed by atoms with Gasteiger partial charge in [-0.1, -0.05) is 6.92 Å². The highest BCUT2D eigenvalue weighted by Gasteiger charge is 2.29. The van der Waals surface area contributed by atoms with Gasteiger partial charge in [0.15, 0.2) is 11.1 Å². The molecule has 0 radical (unpaired) electrons. The molecule has 1 aromatic carbocycles. The first kappa shape index (κ1) is 13.6. The van der Waals surface area contributed by atoms with E-state index in [9.17, 15) is 8.76 Å². The minimum atomic E-state index is -1.94. The third-order valence-corrected chi connectivity index (χ3v) is 5.08. The molecule has 1 aromatic rings. The molecule has 0 saturated carbocycles. The van der Waals surface area contributed by atoms with E-state index in [4.69, 9.17) is 4.74 Å². The van der Waals surface area contributed by atoms with Crippen molar-refractivity contribution < 1.29 is 13.5 Å². The van der Waals surface area contributed by atoms with Gasteiger partial charge in [0.25, 0.3) is 0 Å². The fourth-order valence-electron chi connectivity index (χ4n) is 2.61. The van der Waals surface area contributed by atoms with Crippen LogP contribution in [0.5, 0.6) is 5.75 Å². The van der Waals surface area contributed by atoms with Crippen LogP contribution < -0.4 is 4.74 Å². The fraction of sp³-hybridized carbons (Fsp3) is 0.571. The van der Waals surface area contributed by atoms with E-state index in [0.29, 0.717) is 10.8 Å². The second kappa shape index (κ2) is 4.67. The number of rotatable bonds is 1. The predicted octanol–water partition coefficient (Wildman–Crippen LogP) is 3.15. The lowest BCUT2D eigenvalue weighted by Crippen LogP contribution is -2.29. The molecule has 0 amide bonds. The molecule has 3 atom stereocenters. The van der Waals surface area contributed by atoms with Crippen molar-refractivity contribution in [3.8, 4) is 5.75 Å². The molecular formula is C14H20O3S. The van der Waals surface area contributed by atoms with E-state index < -0.39 is 11.1 Å². The SMILES string of the molecule is Cc1c(C)c(S(=O)O)c(C)c2c1OC(C)C(C)C2. The van der Waals surface area contributed by atoms with Crippen LogP contribution in [0.2, 0.25) is 0 Å². The van der Waals surface area contributed by atoms with E-state index in [2.05, 4.69) is 13.8 Å². The average molecular weight is 268 g/mol. The van der Waals surface area contributed by atoms with Gasteiger partial charge in [-0.25, -0.2) is 4.21 Å². The lowest BCUT2D eigenvalue weighted by molar-refractivity contribution is 0.138. The monoisotopic (exact) mass is 268 g/mol. The second-order valence-electron chi connectivity index (χ2n) is 5.27. The Kier molecular flexibility index (Phi) is 3.52. The maximum atomic E-state index is 11.5. The topological polar surface area (TPSA) is 46.5 Å². The van der Waals surface area contributed by atoms with Crippen LogP contribution in [0.4, 0.5) is 0 Å². The second-order valence-corrected chi connectivity index (χ2v) is 6.17. The molecule has 2 rings (SSSR count). The van der Waals surface area contributed by atoms with Crippen LogP contribution in [0.3, 0.4) is 0 Å². The van der Waals surface area contributed by atoms with E-state index in [1.165, 1.54) is 0 Å². The zero-order valence-corrected chi connectivity index (χ0v) is 12.4. The Morgan fingerprint density at radius 2 is 1.78 bits per heavy atom. The summed E-state index contributed by atoms with van der Waals surface area (Å²) in [5, 5.41) is 0. The van der Waals surface area contributed by atoms with Crippen molar-refractivity contribution in [1.29, 1.82) is 0 Å². The van der Waals surface area contributed by atoms with Gasteiger partial charge < -0.3 is 9.29 Å².